The van der Waals surface area contributed by atoms with Crippen LogP contribution in [0.4, 0.5) is 8.78 Å². The number of carbonyl (C=O) groups is 1. The zero-order chi connectivity index (χ0) is 14.7. The molecule has 0 saturated carbocycles. The zero-order valence-corrected chi connectivity index (χ0v) is 11.9. The fourth-order valence-corrected chi connectivity index (χ4v) is 2.39. The van der Waals surface area contributed by atoms with Gasteiger partial charge < -0.3 is 5.11 Å². The van der Waals surface area contributed by atoms with Crippen molar-refractivity contribution in [2.24, 2.45) is 0 Å². The van der Waals surface area contributed by atoms with E-state index in [1.165, 1.54) is 12.1 Å². The van der Waals surface area contributed by atoms with Gasteiger partial charge in [-0.3, -0.25) is 0 Å². The van der Waals surface area contributed by atoms with Gasteiger partial charge in [-0.1, -0.05) is 40.2 Å². The summed E-state index contributed by atoms with van der Waals surface area (Å²) in [6.45, 7) is 0. The number of benzene rings is 2. The smallest absolute Gasteiger partial charge is 0.335 e. The first-order chi connectivity index (χ1) is 9.49. The van der Waals surface area contributed by atoms with Gasteiger partial charge in [-0.25, -0.2) is 13.6 Å². The molecule has 2 aromatic carbocycles. The van der Waals surface area contributed by atoms with E-state index < -0.39 is 12.4 Å². The van der Waals surface area contributed by atoms with Crippen LogP contribution in [-0.2, 0) is 6.42 Å². The summed E-state index contributed by atoms with van der Waals surface area (Å²) in [5.41, 5.74) is 1.35. The fourth-order valence-electron chi connectivity index (χ4n) is 1.97. The average molecular weight is 341 g/mol. The van der Waals surface area contributed by atoms with Crippen molar-refractivity contribution in [2.45, 2.75) is 12.8 Å². The maximum atomic E-state index is 12.8. The van der Waals surface area contributed by atoms with Crippen molar-refractivity contribution < 1.29 is 18.7 Å². The molecule has 0 aliphatic rings. The first kappa shape index (κ1) is 14.7. The number of hydrogen-bond acceptors (Lipinski definition) is 1. The molecule has 0 aromatic heterocycles. The largest absolute Gasteiger partial charge is 0.478 e. The van der Waals surface area contributed by atoms with E-state index in [9.17, 15) is 13.6 Å². The van der Waals surface area contributed by atoms with Gasteiger partial charge in [-0.05, 0) is 35.7 Å². The average Bonchev–Trinajstić information content (AvgIpc) is 2.41. The molecule has 0 spiro atoms. The van der Waals surface area contributed by atoms with Crippen molar-refractivity contribution >= 4 is 21.9 Å². The topological polar surface area (TPSA) is 37.3 Å². The Labute approximate surface area is 123 Å². The number of rotatable bonds is 4. The van der Waals surface area contributed by atoms with Crippen LogP contribution in [0.2, 0.25) is 0 Å². The molecule has 0 amide bonds. The molecular weight excluding hydrogens is 330 g/mol. The predicted molar refractivity (Wildman–Crippen MR) is 75.3 cm³/mol. The molecule has 2 aromatic rings. The Kier molecular flexibility index (Phi) is 4.49. The van der Waals surface area contributed by atoms with Crippen LogP contribution in [0.5, 0.6) is 0 Å². The molecule has 0 unspecified atom stereocenters. The highest BCUT2D eigenvalue weighted by atomic mass is 79.9. The van der Waals surface area contributed by atoms with Crippen LogP contribution in [0.15, 0.2) is 46.9 Å². The molecule has 0 saturated heterocycles. The van der Waals surface area contributed by atoms with E-state index in [1.807, 2.05) is 0 Å². The minimum absolute atomic E-state index is 0.0877. The summed E-state index contributed by atoms with van der Waals surface area (Å²) >= 11 is 3.08. The summed E-state index contributed by atoms with van der Waals surface area (Å²) in [5, 5.41) is 9.10. The zero-order valence-electron chi connectivity index (χ0n) is 10.3. The molecule has 2 rings (SSSR count). The predicted octanol–water partition coefficient (Wildman–Crippen LogP) is 4.68. The van der Waals surface area contributed by atoms with Crippen LogP contribution in [-0.4, -0.2) is 11.1 Å². The van der Waals surface area contributed by atoms with E-state index in [0.717, 1.165) is 0 Å². The highest BCUT2D eigenvalue weighted by Gasteiger charge is 2.14. The van der Waals surface area contributed by atoms with Gasteiger partial charge in [0.25, 0.3) is 6.43 Å². The van der Waals surface area contributed by atoms with E-state index in [-0.39, 0.29) is 11.1 Å². The number of carboxylic acid groups (broad SMARTS) is 1. The lowest BCUT2D eigenvalue weighted by molar-refractivity contribution is 0.0696. The molecule has 0 atom stereocenters. The first-order valence-corrected chi connectivity index (χ1v) is 6.66. The standard InChI is InChI=1S/C15H11BrF2O2/c16-13-6-5-9(8-12(13)14(17)18)7-10-3-1-2-4-11(10)15(19)20/h1-6,8,14H,7H2,(H,19,20). The van der Waals surface area contributed by atoms with E-state index >= 15 is 0 Å². The van der Waals surface area contributed by atoms with E-state index in [2.05, 4.69) is 15.9 Å². The van der Waals surface area contributed by atoms with Crippen LogP contribution in [0.25, 0.3) is 0 Å². The van der Waals surface area contributed by atoms with Crippen LogP contribution in [0.3, 0.4) is 0 Å². The second-order valence-corrected chi connectivity index (χ2v) is 5.15. The molecule has 104 valence electrons. The minimum atomic E-state index is -2.57. The summed E-state index contributed by atoms with van der Waals surface area (Å²) in [6, 6.07) is 11.2. The van der Waals surface area contributed by atoms with Gasteiger partial charge in [-0.15, -0.1) is 0 Å². The minimum Gasteiger partial charge on any atom is -0.478 e. The number of aromatic carboxylic acids is 1. The van der Waals surface area contributed by atoms with Crippen molar-refractivity contribution in [3.63, 3.8) is 0 Å². The monoisotopic (exact) mass is 340 g/mol. The summed E-state index contributed by atoms with van der Waals surface area (Å²) in [7, 11) is 0. The third kappa shape index (κ3) is 3.22. The van der Waals surface area contributed by atoms with Gasteiger partial charge in [0.1, 0.15) is 0 Å². The van der Waals surface area contributed by atoms with Crippen LogP contribution >= 0.6 is 15.9 Å². The Hall–Kier alpha value is -1.75. The van der Waals surface area contributed by atoms with Gasteiger partial charge in [-0.2, -0.15) is 0 Å². The van der Waals surface area contributed by atoms with Crippen LogP contribution < -0.4 is 0 Å². The molecule has 5 heteroatoms. The van der Waals surface area contributed by atoms with E-state index in [0.29, 0.717) is 22.0 Å². The molecule has 0 heterocycles. The number of halogens is 3. The third-order valence-corrected chi connectivity index (χ3v) is 3.66. The molecule has 2 nitrogen and oxygen atoms in total. The van der Waals surface area contributed by atoms with E-state index in [4.69, 9.17) is 5.11 Å². The van der Waals surface area contributed by atoms with Gasteiger partial charge in [0.05, 0.1) is 5.56 Å². The highest BCUT2D eigenvalue weighted by Crippen LogP contribution is 2.29. The lowest BCUT2D eigenvalue weighted by Gasteiger charge is -2.09. The van der Waals surface area contributed by atoms with Crippen LogP contribution in [0, 0.1) is 0 Å². The Morgan fingerprint density at radius 2 is 1.90 bits per heavy atom. The summed E-state index contributed by atoms with van der Waals surface area (Å²) in [4.78, 5) is 11.1. The van der Waals surface area contributed by atoms with Gasteiger partial charge in [0, 0.05) is 10.0 Å². The quantitative estimate of drug-likeness (QED) is 0.877. The van der Waals surface area contributed by atoms with Crippen molar-refractivity contribution in [1.82, 2.24) is 0 Å². The van der Waals surface area contributed by atoms with Crippen molar-refractivity contribution in [2.75, 3.05) is 0 Å². The molecule has 0 radical (unpaired) electrons. The molecule has 20 heavy (non-hydrogen) atoms. The Morgan fingerprint density at radius 3 is 2.55 bits per heavy atom. The van der Waals surface area contributed by atoms with Crippen molar-refractivity contribution in [3.8, 4) is 0 Å². The second-order valence-electron chi connectivity index (χ2n) is 4.30. The number of alkyl halides is 2. The summed E-state index contributed by atoms with van der Waals surface area (Å²) < 4.78 is 26.0. The number of hydrogen-bond donors (Lipinski definition) is 1. The molecule has 0 fully saturated rings. The van der Waals surface area contributed by atoms with Gasteiger partial charge in [0.2, 0.25) is 0 Å². The Morgan fingerprint density at radius 1 is 1.20 bits per heavy atom. The first-order valence-electron chi connectivity index (χ1n) is 5.86. The Balaban J connectivity index is 2.36. The van der Waals surface area contributed by atoms with E-state index in [1.54, 1.807) is 30.3 Å². The molecule has 1 N–H and O–H groups in total. The Bertz CT molecular complexity index is 642. The molecule has 0 aliphatic carbocycles. The second kappa shape index (κ2) is 6.13. The molecule has 0 bridgehead atoms. The van der Waals surface area contributed by atoms with Gasteiger partial charge >= 0.3 is 5.97 Å². The number of carboxylic acids is 1. The third-order valence-electron chi connectivity index (χ3n) is 2.94. The van der Waals surface area contributed by atoms with Crippen LogP contribution in [0.1, 0.15) is 33.5 Å². The fraction of sp³-hybridized carbons (Fsp3) is 0.133. The van der Waals surface area contributed by atoms with Crippen molar-refractivity contribution in [1.29, 1.82) is 0 Å². The highest BCUT2D eigenvalue weighted by molar-refractivity contribution is 9.10. The van der Waals surface area contributed by atoms with Gasteiger partial charge in [0.15, 0.2) is 0 Å². The maximum absolute atomic E-state index is 12.8. The summed E-state index contributed by atoms with van der Waals surface area (Å²) in [5.74, 6) is -1.02. The lowest BCUT2D eigenvalue weighted by atomic mass is 9.98. The lowest BCUT2D eigenvalue weighted by Crippen LogP contribution is -2.03. The summed E-state index contributed by atoms with van der Waals surface area (Å²) in [6.07, 6.45) is -2.27. The normalized spacial score (nSPS) is 10.8. The van der Waals surface area contributed by atoms with Crippen molar-refractivity contribution in [3.05, 3.63) is 69.2 Å². The molecule has 0 aliphatic heterocycles. The SMILES string of the molecule is O=C(O)c1ccccc1Cc1ccc(Br)c(C(F)F)c1. The maximum Gasteiger partial charge on any atom is 0.335 e. The molecular formula is C15H11BrF2O2.